The van der Waals surface area contributed by atoms with Crippen molar-refractivity contribution >= 4 is 27.7 Å². The molecule has 5 nitrogen and oxygen atoms in total. The largest absolute Gasteiger partial charge is 0.457 e. The quantitative estimate of drug-likeness (QED) is 0.577. The maximum atomic E-state index is 12.5. The topological polar surface area (TPSA) is 81.4 Å². The lowest BCUT2D eigenvalue weighted by Crippen LogP contribution is -2.26. The highest BCUT2D eigenvalue weighted by Crippen LogP contribution is 2.24. The number of primary amides is 1. The Morgan fingerprint density at radius 2 is 1.43 bits per heavy atom. The smallest absolute Gasteiger partial charge is 0.251 e. The van der Waals surface area contributed by atoms with Crippen molar-refractivity contribution in [2.24, 2.45) is 5.73 Å². The summed E-state index contributed by atoms with van der Waals surface area (Å²) >= 11 is 3.50. The molecule has 0 aliphatic heterocycles. The van der Waals surface area contributed by atoms with Crippen LogP contribution in [0.4, 0.5) is 0 Å². The first-order valence-electron chi connectivity index (χ1n) is 8.67. The molecule has 0 aliphatic carbocycles. The summed E-state index contributed by atoms with van der Waals surface area (Å²) in [5, 5.41) is 2.99. The van der Waals surface area contributed by atoms with Gasteiger partial charge in [0.15, 0.2) is 0 Å². The van der Waals surface area contributed by atoms with E-state index in [9.17, 15) is 9.59 Å². The van der Waals surface area contributed by atoms with Gasteiger partial charge in [-0.25, -0.2) is 0 Å². The molecule has 3 aromatic carbocycles. The minimum Gasteiger partial charge on any atom is -0.457 e. The molecule has 0 fully saturated rings. The van der Waals surface area contributed by atoms with Gasteiger partial charge in [-0.05, 0) is 67.1 Å². The Labute approximate surface area is 171 Å². The third-order valence-corrected chi connectivity index (χ3v) is 4.93. The van der Waals surface area contributed by atoms with Gasteiger partial charge in [-0.2, -0.15) is 0 Å². The van der Waals surface area contributed by atoms with Crippen molar-refractivity contribution < 1.29 is 14.3 Å². The SMILES string of the molecule is CC(NC(=O)c1ccc(Oc2ccc(C(N)=O)cc2)cc1)c1ccccc1Br. The Morgan fingerprint density at radius 3 is 1.96 bits per heavy atom. The fraction of sp³-hybridized carbons (Fsp3) is 0.0909. The summed E-state index contributed by atoms with van der Waals surface area (Å²) in [7, 11) is 0. The third kappa shape index (κ3) is 4.78. The van der Waals surface area contributed by atoms with Crippen LogP contribution in [0.2, 0.25) is 0 Å². The highest BCUT2D eigenvalue weighted by atomic mass is 79.9. The summed E-state index contributed by atoms with van der Waals surface area (Å²) in [4.78, 5) is 23.6. The number of benzene rings is 3. The van der Waals surface area contributed by atoms with Crippen LogP contribution in [-0.2, 0) is 0 Å². The van der Waals surface area contributed by atoms with Crippen LogP contribution < -0.4 is 15.8 Å². The van der Waals surface area contributed by atoms with E-state index in [1.807, 2.05) is 31.2 Å². The molecule has 1 unspecified atom stereocenters. The number of rotatable bonds is 6. The average molecular weight is 439 g/mol. The maximum Gasteiger partial charge on any atom is 0.251 e. The lowest BCUT2D eigenvalue weighted by Gasteiger charge is -2.16. The second-order valence-electron chi connectivity index (χ2n) is 6.23. The second-order valence-corrected chi connectivity index (χ2v) is 7.09. The van der Waals surface area contributed by atoms with E-state index in [0.717, 1.165) is 10.0 Å². The molecule has 3 N–H and O–H groups in total. The van der Waals surface area contributed by atoms with E-state index in [1.165, 1.54) is 0 Å². The molecule has 6 heteroatoms. The van der Waals surface area contributed by atoms with Crippen LogP contribution in [-0.4, -0.2) is 11.8 Å². The first-order valence-corrected chi connectivity index (χ1v) is 9.46. The molecular formula is C22H19BrN2O3. The van der Waals surface area contributed by atoms with E-state index in [-0.39, 0.29) is 11.9 Å². The van der Waals surface area contributed by atoms with Gasteiger partial charge in [-0.15, -0.1) is 0 Å². The summed E-state index contributed by atoms with van der Waals surface area (Å²) in [5.74, 6) is 0.506. The second kappa shape index (κ2) is 8.71. The number of hydrogen-bond acceptors (Lipinski definition) is 3. The Kier molecular flexibility index (Phi) is 6.11. The highest BCUT2D eigenvalue weighted by molar-refractivity contribution is 9.10. The van der Waals surface area contributed by atoms with Crippen molar-refractivity contribution in [3.05, 3.63) is 94.0 Å². The van der Waals surface area contributed by atoms with Gasteiger partial charge in [0.25, 0.3) is 5.91 Å². The fourth-order valence-electron chi connectivity index (χ4n) is 2.68. The normalized spacial score (nSPS) is 11.5. The summed E-state index contributed by atoms with van der Waals surface area (Å²) in [6.07, 6.45) is 0. The van der Waals surface area contributed by atoms with Gasteiger partial charge in [0.2, 0.25) is 5.91 Å². The standard InChI is InChI=1S/C22H19BrN2O3/c1-14(19-4-2-3-5-20(19)23)25-22(27)16-8-12-18(13-9-16)28-17-10-6-15(7-11-17)21(24)26/h2-14H,1H3,(H2,24,26)(H,25,27). The van der Waals surface area contributed by atoms with E-state index in [1.54, 1.807) is 48.5 Å². The van der Waals surface area contributed by atoms with Crippen molar-refractivity contribution in [2.75, 3.05) is 0 Å². The van der Waals surface area contributed by atoms with Crippen LogP contribution in [0.1, 0.15) is 39.2 Å². The Bertz CT molecular complexity index is 985. The predicted octanol–water partition coefficient (Wildman–Crippen LogP) is 4.83. The molecule has 0 bridgehead atoms. The zero-order valence-electron chi connectivity index (χ0n) is 15.2. The molecule has 0 saturated carbocycles. The van der Waals surface area contributed by atoms with E-state index in [2.05, 4.69) is 21.2 Å². The van der Waals surface area contributed by atoms with Crippen LogP contribution in [0.5, 0.6) is 11.5 Å². The lowest BCUT2D eigenvalue weighted by molar-refractivity contribution is 0.0938. The van der Waals surface area contributed by atoms with Gasteiger partial charge < -0.3 is 15.8 Å². The fourth-order valence-corrected chi connectivity index (χ4v) is 3.31. The van der Waals surface area contributed by atoms with Gasteiger partial charge in [0, 0.05) is 15.6 Å². The summed E-state index contributed by atoms with van der Waals surface area (Å²) in [6, 6.07) is 21.0. The number of carbonyl (C=O) groups excluding carboxylic acids is 2. The first-order chi connectivity index (χ1) is 13.4. The molecule has 3 aromatic rings. The molecule has 0 aliphatic rings. The van der Waals surface area contributed by atoms with Crippen molar-refractivity contribution in [3.8, 4) is 11.5 Å². The van der Waals surface area contributed by atoms with Gasteiger partial charge in [0.1, 0.15) is 11.5 Å². The lowest BCUT2D eigenvalue weighted by atomic mass is 10.1. The van der Waals surface area contributed by atoms with E-state index >= 15 is 0 Å². The third-order valence-electron chi connectivity index (χ3n) is 4.21. The van der Waals surface area contributed by atoms with E-state index < -0.39 is 5.91 Å². The number of amides is 2. The number of hydrogen-bond donors (Lipinski definition) is 2. The molecule has 3 rings (SSSR count). The molecular weight excluding hydrogens is 420 g/mol. The number of ether oxygens (including phenoxy) is 1. The summed E-state index contributed by atoms with van der Waals surface area (Å²) in [5.41, 5.74) is 7.18. The van der Waals surface area contributed by atoms with Gasteiger partial charge in [-0.1, -0.05) is 34.1 Å². The molecule has 0 saturated heterocycles. The number of nitrogens with one attached hydrogen (secondary N) is 1. The molecule has 2 amide bonds. The maximum absolute atomic E-state index is 12.5. The highest BCUT2D eigenvalue weighted by Gasteiger charge is 2.13. The van der Waals surface area contributed by atoms with Crippen LogP contribution in [0.3, 0.4) is 0 Å². The van der Waals surface area contributed by atoms with Crippen molar-refractivity contribution in [3.63, 3.8) is 0 Å². The Hall–Kier alpha value is -3.12. The summed E-state index contributed by atoms with van der Waals surface area (Å²) in [6.45, 7) is 1.94. The van der Waals surface area contributed by atoms with Gasteiger partial charge in [0.05, 0.1) is 6.04 Å². The van der Waals surface area contributed by atoms with Crippen LogP contribution in [0, 0.1) is 0 Å². The van der Waals surface area contributed by atoms with Gasteiger partial charge >= 0.3 is 0 Å². The van der Waals surface area contributed by atoms with Crippen LogP contribution in [0.15, 0.2) is 77.3 Å². The zero-order valence-corrected chi connectivity index (χ0v) is 16.8. The minimum absolute atomic E-state index is 0.136. The van der Waals surface area contributed by atoms with Gasteiger partial charge in [-0.3, -0.25) is 9.59 Å². The Morgan fingerprint density at radius 1 is 0.893 bits per heavy atom. The average Bonchev–Trinajstić information content (AvgIpc) is 2.69. The van der Waals surface area contributed by atoms with E-state index in [4.69, 9.17) is 10.5 Å². The molecule has 0 heterocycles. The minimum atomic E-state index is -0.487. The molecule has 0 spiro atoms. The van der Waals surface area contributed by atoms with Crippen LogP contribution >= 0.6 is 15.9 Å². The van der Waals surface area contributed by atoms with Crippen molar-refractivity contribution in [1.82, 2.24) is 5.32 Å². The molecule has 28 heavy (non-hydrogen) atoms. The van der Waals surface area contributed by atoms with Crippen molar-refractivity contribution in [2.45, 2.75) is 13.0 Å². The molecule has 1 atom stereocenters. The zero-order chi connectivity index (χ0) is 20.1. The number of halogens is 1. The van der Waals surface area contributed by atoms with Crippen molar-refractivity contribution in [1.29, 1.82) is 0 Å². The first kappa shape index (κ1) is 19.6. The van der Waals surface area contributed by atoms with Crippen LogP contribution in [0.25, 0.3) is 0 Å². The molecule has 142 valence electrons. The number of nitrogens with two attached hydrogens (primary N) is 1. The molecule has 0 aromatic heterocycles. The summed E-state index contributed by atoms with van der Waals surface area (Å²) < 4.78 is 6.68. The predicted molar refractivity (Wildman–Crippen MR) is 111 cm³/mol. The molecule has 0 radical (unpaired) electrons. The van der Waals surface area contributed by atoms with E-state index in [0.29, 0.717) is 22.6 Å². The monoisotopic (exact) mass is 438 g/mol. The Balaban J connectivity index is 1.64. The number of carbonyl (C=O) groups is 2.